The standard InChI is InChI=1S/C64H113NO3/c1-3-5-7-9-11-13-15-17-19-21-22-23-24-25-26-27-28-29-30-31-32-33-34-35-36-37-38-39-40-41-42-44-46-48-50-52-54-56-58-60-64(68)65-62(61-66)63(67)59-57-55-53-51-49-47-45-43-20-18-16-14-12-10-8-6-4-2/h5,7,11,13,17,19,22-23,25-26,28-29,49,51,57,59,62-63,66-67H,3-4,6,8-10,12,14-16,18,20-21,24,27,30-48,50,52-56,58,60-61H2,1-2H3,(H,65,68)/b7-5-,13-11-,19-17-,23-22-,26-25-,29-28-,51-49+,59-57+. The van der Waals surface area contributed by atoms with Crippen LogP contribution in [0.3, 0.4) is 0 Å². The van der Waals surface area contributed by atoms with Crippen LogP contribution < -0.4 is 5.32 Å². The predicted octanol–water partition coefficient (Wildman–Crippen LogP) is 19.7. The lowest BCUT2D eigenvalue weighted by molar-refractivity contribution is -0.123. The number of carbonyl (C=O) groups excluding carboxylic acids is 1. The maximum Gasteiger partial charge on any atom is 0.220 e. The number of allylic oxidation sites excluding steroid dienone is 15. The lowest BCUT2D eigenvalue weighted by Crippen LogP contribution is -2.45. The second-order valence-electron chi connectivity index (χ2n) is 19.7. The van der Waals surface area contributed by atoms with Gasteiger partial charge < -0.3 is 15.5 Å². The van der Waals surface area contributed by atoms with Crippen molar-refractivity contribution in [3.05, 3.63) is 97.2 Å². The van der Waals surface area contributed by atoms with E-state index in [1.54, 1.807) is 6.08 Å². The second kappa shape index (κ2) is 58.6. The lowest BCUT2D eigenvalue weighted by Gasteiger charge is -2.19. The van der Waals surface area contributed by atoms with E-state index in [4.69, 9.17) is 0 Å². The Morgan fingerprint density at radius 3 is 1.03 bits per heavy atom. The number of nitrogens with one attached hydrogen (secondary N) is 1. The number of carbonyl (C=O) groups is 1. The molecule has 0 rings (SSSR count). The largest absolute Gasteiger partial charge is 0.394 e. The average Bonchev–Trinajstić information content (AvgIpc) is 3.34. The van der Waals surface area contributed by atoms with Gasteiger partial charge in [-0.15, -0.1) is 0 Å². The van der Waals surface area contributed by atoms with Gasteiger partial charge in [-0.25, -0.2) is 0 Å². The fourth-order valence-electron chi connectivity index (χ4n) is 8.61. The van der Waals surface area contributed by atoms with Crippen molar-refractivity contribution in [3.8, 4) is 0 Å². The van der Waals surface area contributed by atoms with Gasteiger partial charge in [0.05, 0.1) is 18.8 Å². The Hall–Kier alpha value is -2.69. The Kier molecular flexibility index (Phi) is 56.3. The molecule has 0 aromatic rings. The lowest BCUT2D eigenvalue weighted by atomic mass is 10.0. The van der Waals surface area contributed by atoms with E-state index in [0.717, 1.165) is 70.6 Å². The van der Waals surface area contributed by atoms with Crippen LogP contribution in [-0.2, 0) is 4.79 Å². The number of aliphatic hydroxyl groups excluding tert-OH is 2. The molecule has 0 fully saturated rings. The summed E-state index contributed by atoms with van der Waals surface area (Å²) in [6, 6.07) is -0.642. The Labute approximate surface area is 424 Å². The first-order valence-corrected chi connectivity index (χ1v) is 29.5. The molecule has 68 heavy (non-hydrogen) atoms. The normalized spacial score (nSPS) is 13.5. The highest BCUT2D eigenvalue weighted by Crippen LogP contribution is 2.16. The van der Waals surface area contributed by atoms with Crippen LogP contribution in [0.1, 0.15) is 284 Å². The van der Waals surface area contributed by atoms with Crippen molar-refractivity contribution >= 4 is 5.91 Å². The van der Waals surface area contributed by atoms with E-state index < -0.39 is 12.1 Å². The SMILES string of the molecule is CC/C=C\C/C=C\C/C=C\C/C=C\C/C=C\C/C=C\CCCCCCCCCCCCCCCCCCCCCCC(=O)NC(CO)C(O)/C=C/CC/C=C/CCCCCCCCCCCCC. The highest BCUT2D eigenvalue weighted by molar-refractivity contribution is 5.76. The zero-order valence-electron chi connectivity index (χ0n) is 45.1. The summed E-state index contributed by atoms with van der Waals surface area (Å²) in [5.41, 5.74) is 0. The minimum atomic E-state index is -0.865. The third kappa shape index (κ3) is 54.3. The quantitative estimate of drug-likeness (QED) is 0.0420. The van der Waals surface area contributed by atoms with Crippen molar-refractivity contribution < 1.29 is 15.0 Å². The molecule has 0 bridgehead atoms. The molecule has 392 valence electrons. The van der Waals surface area contributed by atoms with E-state index in [2.05, 4.69) is 104 Å². The topological polar surface area (TPSA) is 69.6 Å². The number of hydrogen-bond donors (Lipinski definition) is 3. The molecule has 0 aromatic carbocycles. The first-order valence-electron chi connectivity index (χ1n) is 29.5. The molecule has 2 atom stereocenters. The zero-order chi connectivity index (χ0) is 49.2. The van der Waals surface area contributed by atoms with Crippen molar-refractivity contribution in [1.82, 2.24) is 5.32 Å². The summed E-state index contributed by atoms with van der Waals surface area (Å²) in [5, 5.41) is 23.1. The molecule has 4 nitrogen and oxygen atoms in total. The number of amides is 1. The van der Waals surface area contributed by atoms with E-state index >= 15 is 0 Å². The predicted molar refractivity (Wildman–Crippen MR) is 303 cm³/mol. The van der Waals surface area contributed by atoms with Gasteiger partial charge in [0.15, 0.2) is 0 Å². The molecule has 1 amide bonds. The third-order valence-corrected chi connectivity index (χ3v) is 13.1. The van der Waals surface area contributed by atoms with Gasteiger partial charge in [0, 0.05) is 6.42 Å². The van der Waals surface area contributed by atoms with Crippen molar-refractivity contribution in [2.75, 3.05) is 6.61 Å². The molecule has 0 saturated carbocycles. The number of hydrogen-bond acceptors (Lipinski definition) is 3. The Balaban J connectivity index is 3.49. The molecule has 0 aromatic heterocycles. The van der Waals surface area contributed by atoms with E-state index in [-0.39, 0.29) is 12.5 Å². The summed E-state index contributed by atoms with van der Waals surface area (Å²) in [7, 11) is 0. The van der Waals surface area contributed by atoms with Crippen LogP contribution in [0.4, 0.5) is 0 Å². The van der Waals surface area contributed by atoms with Crippen LogP contribution in [0.15, 0.2) is 97.2 Å². The van der Waals surface area contributed by atoms with Crippen LogP contribution in [0.5, 0.6) is 0 Å². The van der Waals surface area contributed by atoms with Gasteiger partial charge in [0.25, 0.3) is 0 Å². The summed E-state index contributed by atoms with van der Waals surface area (Å²) < 4.78 is 0. The highest BCUT2D eigenvalue weighted by Gasteiger charge is 2.18. The van der Waals surface area contributed by atoms with Gasteiger partial charge in [-0.05, 0) is 83.5 Å². The Bertz CT molecular complexity index is 1250. The average molecular weight is 945 g/mol. The molecular formula is C64H113NO3. The van der Waals surface area contributed by atoms with Gasteiger partial charge in [0.2, 0.25) is 5.91 Å². The molecule has 0 aliphatic carbocycles. The van der Waals surface area contributed by atoms with Gasteiger partial charge in [-0.1, -0.05) is 291 Å². The Morgan fingerprint density at radius 1 is 0.368 bits per heavy atom. The van der Waals surface area contributed by atoms with Crippen LogP contribution in [0, 0.1) is 0 Å². The highest BCUT2D eigenvalue weighted by atomic mass is 16.3. The maximum atomic E-state index is 12.5. The van der Waals surface area contributed by atoms with Crippen molar-refractivity contribution in [3.63, 3.8) is 0 Å². The van der Waals surface area contributed by atoms with Crippen LogP contribution in [0.25, 0.3) is 0 Å². The molecular weight excluding hydrogens is 831 g/mol. The first kappa shape index (κ1) is 65.3. The van der Waals surface area contributed by atoms with Crippen LogP contribution in [0.2, 0.25) is 0 Å². The number of aliphatic hydroxyl groups is 2. The molecule has 0 radical (unpaired) electrons. The van der Waals surface area contributed by atoms with E-state index in [9.17, 15) is 15.0 Å². The molecule has 4 heteroatoms. The molecule has 2 unspecified atom stereocenters. The van der Waals surface area contributed by atoms with E-state index in [1.165, 1.54) is 193 Å². The first-order chi connectivity index (χ1) is 33.7. The van der Waals surface area contributed by atoms with Crippen LogP contribution in [-0.4, -0.2) is 34.9 Å². The van der Waals surface area contributed by atoms with E-state index in [0.29, 0.717) is 6.42 Å². The maximum absolute atomic E-state index is 12.5. The van der Waals surface area contributed by atoms with Crippen molar-refractivity contribution in [1.29, 1.82) is 0 Å². The van der Waals surface area contributed by atoms with Crippen LogP contribution >= 0.6 is 0 Å². The number of unbranched alkanes of at least 4 members (excludes halogenated alkanes) is 32. The minimum Gasteiger partial charge on any atom is -0.394 e. The summed E-state index contributed by atoms with van der Waals surface area (Å²) in [5.74, 6) is -0.0727. The van der Waals surface area contributed by atoms with Gasteiger partial charge in [-0.3, -0.25) is 4.79 Å². The molecule has 3 N–H and O–H groups in total. The molecule has 0 saturated heterocycles. The summed E-state index contributed by atoms with van der Waals surface area (Å²) in [6.07, 6.45) is 87.3. The molecule has 0 heterocycles. The van der Waals surface area contributed by atoms with Gasteiger partial charge in [0.1, 0.15) is 0 Å². The summed E-state index contributed by atoms with van der Waals surface area (Å²) >= 11 is 0. The van der Waals surface area contributed by atoms with Gasteiger partial charge >= 0.3 is 0 Å². The van der Waals surface area contributed by atoms with Gasteiger partial charge in [-0.2, -0.15) is 0 Å². The minimum absolute atomic E-state index is 0.0727. The fourth-order valence-corrected chi connectivity index (χ4v) is 8.61. The number of rotatable bonds is 53. The van der Waals surface area contributed by atoms with Crippen molar-refractivity contribution in [2.45, 2.75) is 296 Å². The molecule has 0 aliphatic heterocycles. The zero-order valence-corrected chi connectivity index (χ0v) is 45.1. The van der Waals surface area contributed by atoms with Crippen molar-refractivity contribution in [2.24, 2.45) is 0 Å². The molecule has 0 spiro atoms. The second-order valence-corrected chi connectivity index (χ2v) is 19.7. The third-order valence-electron chi connectivity index (χ3n) is 13.1. The summed E-state index contributed by atoms with van der Waals surface area (Å²) in [4.78, 5) is 12.5. The monoisotopic (exact) mass is 944 g/mol. The molecule has 0 aliphatic rings. The smallest absolute Gasteiger partial charge is 0.220 e. The van der Waals surface area contributed by atoms with E-state index in [1.807, 2.05) is 6.08 Å². The summed E-state index contributed by atoms with van der Waals surface area (Å²) in [6.45, 7) is 4.19. The Morgan fingerprint density at radius 2 is 0.662 bits per heavy atom. The fraction of sp³-hybridized carbons (Fsp3) is 0.734.